The summed E-state index contributed by atoms with van der Waals surface area (Å²) in [6, 6.07) is 8.18. The summed E-state index contributed by atoms with van der Waals surface area (Å²) in [7, 11) is 0. The molecule has 1 aromatic rings. The molecule has 22 heavy (non-hydrogen) atoms. The highest BCUT2D eigenvalue weighted by atomic mass is 16.5. The molecule has 1 N–H and O–H groups in total. The first-order chi connectivity index (χ1) is 10.8. The van der Waals surface area contributed by atoms with E-state index in [0.717, 1.165) is 24.2 Å². The van der Waals surface area contributed by atoms with Gasteiger partial charge in [0.2, 0.25) is 5.91 Å². The SMILES string of the molecule is O=C(N[C@H]1CCOc2ccccc21)[C@H]1C[C@@H]2C=C[C@@H]1C21CC1. The minimum absolute atomic E-state index is 0.107. The first-order valence-corrected chi connectivity index (χ1v) is 8.48. The monoisotopic (exact) mass is 295 g/mol. The standard InChI is InChI=1S/C19H21NO2/c21-18(14-11-12-5-6-15(14)19(12)8-9-19)20-16-7-10-22-17-4-2-1-3-13(16)17/h1-6,12,14-16H,7-11H2,(H,20,21)/t12-,14-,15-,16-/m0/s1. The Balaban J connectivity index is 1.35. The van der Waals surface area contributed by atoms with Crippen LogP contribution in [0.1, 0.15) is 37.3 Å². The van der Waals surface area contributed by atoms with E-state index in [4.69, 9.17) is 4.74 Å². The molecule has 1 amide bonds. The Bertz CT molecular complexity index is 661. The van der Waals surface area contributed by atoms with Gasteiger partial charge in [0.05, 0.1) is 12.6 Å². The number of nitrogens with one attached hydrogen (secondary N) is 1. The van der Waals surface area contributed by atoms with Crippen LogP contribution in [0.4, 0.5) is 0 Å². The lowest BCUT2D eigenvalue weighted by atomic mass is 9.88. The average Bonchev–Trinajstić information content (AvgIpc) is 3.21. The Kier molecular flexibility index (Phi) is 2.53. The van der Waals surface area contributed by atoms with Gasteiger partial charge in [0.1, 0.15) is 5.75 Å². The Morgan fingerprint density at radius 2 is 2.09 bits per heavy atom. The number of allylic oxidation sites excluding steroid dienone is 2. The van der Waals surface area contributed by atoms with Crippen LogP contribution in [-0.4, -0.2) is 12.5 Å². The minimum atomic E-state index is 0.107. The molecule has 0 unspecified atom stereocenters. The molecule has 2 fully saturated rings. The van der Waals surface area contributed by atoms with Gasteiger partial charge in [-0.2, -0.15) is 0 Å². The van der Waals surface area contributed by atoms with Gasteiger partial charge in [-0.3, -0.25) is 4.79 Å². The van der Waals surface area contributed by atoms with E-state index in [9.17, 15) is 4.79 Å². The number of fused-ring (bicyclic) bond motifs is 1. The molecular weight excluding hydrogens is 274 g/mol. The maximum Gasteiger partial charge on any atom is 0.224 e. The summed E-state index contributed by atoms with van der Waals surface area (Å²) in [5.41, 5.74) is 1.61. The second-order valence-electron chi connectivity index (χ2n) is 7.33. The highest BCUT2D eigenvalue weighted by Gasteiger charge is 2.64. The molecule has 2 saturated carbocycles. The fourth-order valence-electron chi connectivity index (χ4n) is 5.04. The highest BCUT2D eigenvalue weighted by molar-refractivity contribution is 5.81. The van der Waals surface area contributed by atoms with Crippen molar-refractivity contribution in [1.29, 1.82) is 0 Å². The molecular formula is C19H21NO2. The topological polar surface area (TPSA) is 38.3 Å². The molecule has 0 saturated heterocycles. The van der Waals surface area contributed by atoms with E-state index >= 15 is 0 Å². The van der Waals surface area contributed by atoms with Gasteiger partial charge in [-0.15, -0.1) is 0 Å². The van der Waals surface area contributed by atoms with Crippen LogP contribution >= 0.6 is 0 Å². The normalized spacial score (nSPS) is 36.0. The van der Waals surface area contributed by atoms with Crippen molar-refractivity contribution in [2.24, 2.45) is 23.2 Å². The van der Waals surface area contributed by atoms with Gasteiger partial charge in [0, 0.05) is 17.9 Å². The lowest BCUT2D eigenvalue weighted by Crippen LogP contribution is -2.38. The Morgan fingerprint density at radius 3 is 2.91 bits per heavy atom. The summed E-state index contributed by atoms with van der Waals surface area (Å²) in [5, 5.41) is 3.31. The third kappa shape index (κ3) is 1.65. The van der Waals surface area contributed by atoms with Crippen LogP contribution in [0.15, 0.2) is 36.4 Å². The number of ether oxygens (including phenoxy) is 1. The zero-order chi connectivity index (χ0) is 14.7. The average molecular weight is 295 g/mol. The molecule has 1 aliphatic heterocycles. The molecule has 3 nitrogen and oxygen atoms in total. The van der Waals surface area contributed by atoms with Gasteiger partial charge in [-0.25, -0.2) is 0 Å². The lowest BCUT2D eigenvalue weighted by Gasteiger charge is -2.29. The van der Waals surface area contributed by atoms with Crippen molar-refractivity contribution in [3.63, 3.8) is 0 Å². The smallest absolute Gasteiger partial charge is 0.224 e. The molecule has 1 aromatic carbocycles. The molecule has 2 bridgehead atoms. The third-order valence-electron chi connectivity index (χ3n) is 6.33. The molecule has 3 aliphatic carbocycles. The van der Waals surface area contributed by atoms with Gasteiger partial charge in [-0.1, -0.05) is 30.4 Å². The molecule has 114 valence electrons. The zero-order valence-electron chi connectivity index (χ0n) is 12.6. The van der Waals surface area contributed by atoms with Gasteiger partial charge in [-0.05, 0) is 42.6 Å². The number of carbonyl (C=O) groups excluding carboxylic acids is 1. The van der Waals surface area contributed by atoms with Crippen molar-refractivity contribution in [3.05, 3.63) is 42.0 Å². The predicted molar refractivity (Wildman–Crippen MR) is 83.3 cm³/mol. The number of para-hydroxylation sites is 1. The minimum Gasteiger partial charge on any atom is -0.493 e. The van der Waals surface area contributed by atoms with E-state index in [1.165, 1.54) is 12.8 Å². The molecule has 1 heterocycles. The fourth-order valence-corrected chi connectivity index (χ4v) is 5.04. The van der Waals surface area contributed by atoms with Crippen molar-refractivity contribution in [1.82, 2.24) is 5.32 Å². The van der Waals surface area contributed by atoms with Crippen molar-refractivity contribution < 1.29 is 9.53 Å². The van der Waals surface area contributed by atoms with E-state index in [0.29, 0.717) is 23.9 Å². The summed E-state index contributed by atoms with van der Waals surface area (Å²) in [4.78, 5) is 12.8. The van der Waals surface area contributed by atoms with E-state index < -0.39 is 0 Å². The van der Waals surface area contributed by atoms with Crippen LogP contribution in [0.5, 0.6) is 5.75 Å². The summed E-state index contributed by atoms with van der Waals surface area (Å²) in [5.74, 6) is 2.52. The lowest BCUT2D eigenvalue weighted by molar-refractivity contribution is -0.126. The van der Waals surface area contributed by atoms with Crippen LogP contribution in [0.3, 0.4) is 0 Å². The number of hydrogen-bond acceptors (Lipinski definition) is 2. The predicted octanol–water partition coefficient (Wildman–Crippen LogP) is 3.23. The molecule has 0 aromatic heterocycles. The van der Waals surface area contributed by atoms with E-state index in [-0.39, 0.29) is 17.9 Å². The maximum atomic E-state index is 12.8. The summed E-state index contributed by atoms with van der Waals surface area (Å²) in [6.45, 7) is 0.683. The quantitative estimate of drug-likeness (QED) is 0.851. The Morgan fingerprint density at radius 1 is 1.23 bits per heavy atom. The Hall–Kier alpha value is -1.77. The van der Waals surface area contributed by atoms with Crippen molar-refractivity contribution in [2.75, 3.05) is 6.61 Å². The van der Waals surface area contributed by atoms with E-state index in [1.54, 1.807) is 0 Å². The second-order valence-corrected chi connectivity index (χ2v) is 7.33. The molecule has 1 spiro atoms. The van der Waals surface area contributed by atoms with Gasteiger partial charge in [0.25, 0.3) is 0 Å². The van der Waals surface area contributed by atoms with Crippen LogP contribution in [-0.2, 0) is 4.79 Å². The molecule has 4 atom stereocenters. The first kappa shape index (κ1) is 12.7. The van der Waals surface area contributed by atoms with Crippen LogP contribution < -0.4 is 10.1 Å². The molecule has 5 rings (SSSR count). The van der Waals surface area contributed by atoms with E-state index in [1.807, 2.05) is 18.2 Å². The molecule has 0 radical (unpaired) electrons. The van der Waals surface area contributed by atoms with Crippen LogP contribution in [0.2, 0.25) is 0 Å². The summed E-state index contributed by atoms with van der Waals surface area (Å²) in [6.07, 6.45) is 9.25. The number of rotatable bonds is 2. The van der Waals surface area contributed by atoms with E-state index in [2.05, 4.69) is 23.5 Å². The van der Waals surface area contributed by atoms with Gasteiger partial charge >= 0.3 is 0 Å². The molecule has 3 heteroatoms. The molecule has 4 aliphatic rings. The van der Waals surface area contributed by atoms with Crippen LogP contribution in [0, 0.1) is 23.2 Å². The number of carbonyl (C=O) groups is 1. The maximum absolute atomic E-state index is 12.8. The summed E-state index contributed by atoms with van der Waals surface area (Å²) >= 11 is 0. The first-order valence-electron chi connectivity index (χ1n) is 8.48. The number of amides is 1. The Labute approximate surface area is 130 Å². The van der Waals surface area contributed by atoms with Gasteiger partial charge in [0.15, 0.2) is 0 Å². The zero-order valence-corrected chi connectivity index (χ0v) is 12.6. The van der Waals surface area contributed by atoms with Crippen molar-refractivity contribution >= 4 is 5.91 Å². The van der Waals surface area contributed by atoms with Gasteiger partial charge < -0.3 is 10.1 Å². The number of benzene rings is 1. The van der Waals surface area contributed by atoms with Crippen LogP contribution in [0.25, 0.3) is 0 Å². The fraction of sp³-hybridized carbons (Fsp3) is 0.526. The summed E-state index contributed by atoms with van der Waals surface area (Å²) < 4.78 is 5.69. The highest BCUT2D eigenvalue weighted by Crippen LogP contribution is 2.70. The second kappa shape index (κ2) is 4.37. The van der Waals surface area contributed by atoms with Crippen molar-refractivity contribution in [2.45, 2.75) is 31.7 Å². The van der Waals surface area contributed by atoms with Crippen molar-refractivity contribution in [3.8, 4) is 5.75 Å². The number of hydrogen-bond donors (Lipinski definition) is 1. The largest absolute Gasteiger partial charge is 0.493 e. The third-order valence-corrected chi connectivity index (χ3v) is 6.33.